The molecule has 0 amide bonds. The van der Waals surface area contributed by atoms with E-state index in [0.29, 0.717) is 3.66 Å². The van der Waals surface area contributed by atoms with Gasteiger partial charge in [-0.1, -0.05) is 0 Å². The number of ether oxygens (including phenoxy) is 1. The zero-order valence-electron chi connectivity index (χ0n) is 11.9. The van der Waals surface area contributed by atoms with E-state index >= 15 is 0 Å². The number of para-hydroxylation sites is 1. The van der Waals surface area contributed by atoms with Gasteiger partial charge < -0.3 is 0 Å². The molecular formula is C17H17CdO3. The van der Waals surface area contributed by atoms with Crippen LogP contribution in [0.5, 0.6) is 17.2 Å². The average molecular weight is 382 g/mol. The topological polar surface area (TPSA) is 38.7 Å². The minimum atomic E-state index is -2.38. The first kappa shape index (κ1) is 13.4. The molecule has 0 saturated carbocycles. The summed E-state index contributed by atoms with van der Waals surface area (Å²) < 4.78 is 14.0. The van der Waals surface area contributed by atoms with E-state index in [-0.39, 0.29) is 5.75 Å². The van der Waals surface area contributed by atoms with Gasteiger partial charge in [-0.05, 0) is 0 Å². The van der Waals surface area contributed by atoms with Crippen LogP contribution in [-0.4, -0.2) is 8.77 Å². The van der Waals surface area contributed by atoms with Gasteiger partial charge in [-0.2, -0.15) is 0 Å². The molecule has 2 heterocycles. The Balaban J connectivity index is 1.54. The van der Waals surface area contributed by atoms with Gasteiger partial charge in [0.05, 0.1) is 0 Å². The Kier molecular flexibility index (Phi) is 3.53. The van der Waals surface area contributed by atoms with Crippen molar-refractivity contribution < 1.29 is 35.7 Å². The molecule has 0 saturated heterocycles. The van der Waals surface area contributed by atoms with Crippen molar-refractivity contribution in [2.24, 2.45) is 0 Å². The fraction of sp³-hybridized carbons (Fsp3) is 0.294. The summed E-state index contributed by atoms with van der Waals surface area (Å²) in [5.74, 6) is 2.23. The zero-order chi connectivity index (χ0) is 14.2. The monoisotopic (exact) mass is 383 g/mol. The molecule has 0 aliphatic carbocycles. The Morgan fingerprint density at radius 3 is 2.81 bits per heavy atom. The predicted octanol–water partition coefficient (Wildman–Crippen LogP) is 3.63. The van der Waals surface area contributed by atoms with E-state index in [1.165, 1.54) is 15.1 Å². The van der Waals surface area contributed by atoms with E-state index in [4.69, 9.17) is 7.42 Å². The molecule has 0 spiro atoms. The molecule has 3 nitrogen and oxygen atoms in total. The maximum absolute atomic E-state index is 9.63. The standard InChI is InChI=1S/C9H9O.C8H9O2.Cd/c1-2-6-9-8(4-1)5-3-7-10-9;1-2-6-3-4-7(9)5-8(6)10;/h1-2,4,6-7H,3,5H2;3-5,9-10H,1-2H2;/q;;+1/p-1. The van der Waals surface area contributed by atoms with Crippen LogP contribution in [0.2, 0.25) is 3.98 Å². The number of hydrogen-bond donors (Lipinski definition) is 1. The first-order valence-corrected chi connectivity index (χ1v) is 14.6. The molecule has 0 bridgehead atoms. The fourth-order valence-electron chi connectivity index (χ4n) is 3.54. The summed E-state index contributed by atoms with van der Waals surface area (Å²) in [6, 6.07) is 13.8. The van der Waals surface area contributed by atoms with Gasteiger partial charge in [-0.25, -0.2) is 0 Å². The molecule has 21 heavy (non-hydrogen) atoms. The van der Waals surface area contributed by atoms with Crippen LogP contribution >= 0.6 is 0 Å². The van der Waals surface area contributed by atoms with Crippen molar-refractivity contribution in [3.8, 4) is 17.2 Å². The second-order valence-corrected chi connectivity index (χ2v) is 15.3. The molecular weight excluding hydrogens is 365 g/mol. The van der Waals surface area contributed by atoms with Gasteiger partial charge in [0.25, 0.3) is 0 Å². The van der Waals surface area contributed by atoms with Crippen LogP contribution in [0.1, 0.15) is 17.5 Å². The third kappa shape index (κ3) is 2.63. The van der Waals surface area contributed by atoms with Gasteiger partial charge in [0.1, 0.15) is 0 Å². The van der Waals surface area contributed by atoms with Crippen LogP contribution in [0.15, 0.2) is 42.5 Å². The molecule has 0 aromatic heterocycles. The maximum atomic E-state index is 9.63. The molecule has 2 aliphatic heterocycles. The molecule has 2 aromatic carbocycles. The first-order chi connectivity index (χ1) is 10.3. The Hall–Kier alpha value is -1.24. The number of hydrogen-bond acceptors (Lipinski definition) is 3. The van der Waals surface area contributed by atoms with Crippen molar-refractivity contribution in [2.45, 2.75) is 26.9 Å². The normalized spacial score (nSPS) is 20.0. The Labute approximate surface area is 133 Å². The Morgan fingerprint density at radius 1 is 1.00 bits per heavy atom. The third-order valence-electron chi connectivity index (χ3n) is 4.70. The number of phenolic OH excluding ortho intramolecular Hbond substituents is 1. The van der Waals surface area contributed by atoms with Crippen LogP contribution in [0.25, 0.3) is 0 Å². The Morgan fingerprint density at radius 2 is 1.86 bits per heavy atom. The van der Waals surface area contributed by atoms with Gasteiger partial charge in [-0.3, -0.25) is 0 Å². The number of aryl methyl sites for hydroxylation is 2. The first-order valence-electron chi connectivity index (χ1n) is 7.75. The number of rotatable bonds is 1. The third-order valence-corrected chi connectivity index (χ3v) is 14.2. The van der Waals surface area contributed by atoms with Gasteiger partial charge >= 0.3 is 133 Å². The molecule has 0 radical (unpaired) electrons. The van der Waals surface area contributed by atoms with Crippen molar-refractivity contribution in [2.75, 3.05) is 0 Å². The van der Waals surface area contributed by atoms with E-state index in [0.717, 1.165) is 30.8 Å². The summed E-state index contributed by atoms with van der Waals surface area (Å²) in [4.78, 5) is 0. The van der Waals surface area contributed by atoms with Crippen molar-refractivity contribution in [1.29, 1.82) is 0 Å². The van der Waals surface area contributed by atoms with Crippen LogP contribution in [0.4, 0.5) is 0 Å². The summed E-state index contributed by atoms with van der Waals surface area (Å²) in [6.07, 6.45) is 3.25. The van der Waals surface area contributed by atoms with Crippen LogP contribution < -0.4 is 7.42 Å². The van der Waals surface area contributed by atoms with Crippen molar-refractivity contribution in [3.63, 3.8) is 0 Å². The zero-order valence-corrected chi connectivity index (χ0v) is 16.0. The van der Waals surface area contributed by atoms with Crippen molar-refractivity contribution in [3.05, 3.63) is 53.6 Å². The van der Waals surface area contributed by atoms with Crippen LogP contribution in [-0.2, 0) is 36.0 Å². The van der Waals surface area contributed by atoms with E-state index in [1.54, 1.807) is 12.1 Å². The minimum absolute atomic E-state index is 0.290. The predicted molar refractivity (Wildman–Crippen MR) is 76.4 cm³/mol. The molecule has 1 unspecified atom stereocenters. The second-order valence-electron chi connectivity index (χ2n) is 6.09. The summed E-state index contributed by atoms with van der Waals surface area (Å²) in [5.41, 5.74) is 2.54. The van der Waals surface area contributed by atoms with Crippen molar-refractivity contribution >= 4 is 0 Å². The molecule has 4 rings (SSSR count). The number of aromatic hydroxyl groups is 1. The summed E-state index contributed by atoms with van der Waals surface area (Å²) in [5, 5.41) is 9.63. The van der Waals surface area contributed by atoms with Crippen LogP contribution in [0, 0.1) is 0 Å². The van der Waals surface area contributed by atoms with E-state index in [2.05, 4.69) is 18.2 Å². The molecule has 2 aliphatic rings. The van der Waals surface area contributed by atoms with Gasteiger partial charge in [0.2, 0.25) is 0 Å². The summed E-state index contributed by atoms with van der Waals surface area (Å²) >= 11 is -2.38. The van der Waals surface area contributed by atoms with Crippen molar-refractivity contribution in [1.82, 2.24) is 0 Å². The quantitative estimate of drug-likeness (QED) is 0.767. The number of fused-ring (bicyclic) bond motifs is 2. The van der Waals surface area contributed by atoms with Gasteiger partial charge in [0.15, 0.2) is 0 Å². The molecule has 4 heteroatoms. The fourth-order valence-corrected chi connectivity index (χ4v) is 12.7. The number of benzene rings is 2. The second kappa shape index (κ2) is 5.51. The summed E-state index contributed by atoms with van der Waals surface area (Å²) in [6.45, 7) is 0. The Bertz CT molecular complexity index is 671. The van der Waals surface area contributed by atoms with E-state index in [1.807, 2.05) is 12.1 Å². The van der Waals surface area contributed by atoms with Gasteiger partial charge in [-0.15, -0.1) is 0 Å². The van der Waals surface area contributed by atoms with Gasteiger partial charge in [0, 0.05) is 0 Å². The van der Waals surface area contributed by atoms with E-state index in [9.17, 15) is 5.11 Å². The van der Waals surface area contributed by atoms with E-state index < -0.39 is 23.2 Å². The molecule has 0 fully saturated rings. The molecule has 105 valence electrons. The molecule has 1 N–H and O–H groups in total. The summed E-state index contributed by atoms with van der Waals surface area (Å²) in [7, 11) is 0. The molecule has 2 aromatic rings. The molecule has 1 atom stereocenters. The van der Waals surface area contributed by atoms with Crippen LogP contribution in [0.3, 0.4) is 0 Å². The number of phenols is 1. The average Bonchev–Trinajstić information content (AvgIpc) is 2.53. The SMILES string of the molecule is Oc1ccc2c(c1)[O][Cd]([CH]1CCc3ccccc3O1)[CH2]C2.